The van der Waals surface area contributed by atoms with E-state index >= 15 is 0 Å². The summed E-state index contributed by atoms with van der Waals surface area (Å²) in [5, 5.41) is 14.8. The monoisotopic (exact) mass is 271 g/mol. The molecule has 1 saturated heterocycles. The Hall–Kier alpha value is -1.75. The van der Waals surface area contributed by atoms with Crippen molar-refractivity contribution in [2.75, 3.05) is 13.1 Å². The molecular weight excluding hydrogens is 250 g/mol. The number of tetrazole rings is 1. The number of aromatic nitrogens is 4. The van der Waals surface area contributed by atoms with Crippen LogP contribution in [-0.2, 0) is 6.42 Å². The number of piperidine rings is 1. The molecule has 1 atom stereocenters. The molecule has 0 bridgehead atoms. The molecule has 3 rings (SSSR count). The van der Waals surface area contributed by atoms with E-state index in [9.17, 15) is 0 Å². The molecule has 0 radical (unpaired) electrons. The molecule has 1 aliphatic rings. The van der Waals surface area contributed by atoms with E-state index in [0.29, 0.717) is 0 Å². The fourth-order valence-corrected chi connectivity index (χ4v) is 2.96. The summed E-state index contributed by atoms with van der Waals surface area (Å²) in [6.45, 7) is 2.29. The second kappa shape index (κ2) is 6.61. The molecule has 0 spiro atoms. The van der Waals surface area contributed by atoms with Crippen molar-refractivity contribution in [2.45, 2.75) is 38.1 Å². The SMILES string of the molecule is c1ccc(CCC(c2nn[nH]n2)N2CCCCC2)cc1. The van der Waals surface area contributed by atoms with Gasteiger partial charge < -0.3 is 0 Å². The molecule has 1 aromatic heterocycles. The maximum absolute atomic E-state index is 4.22. The lowest BCUT2D eigenvalue weighted by Crippen LogP contribution is -2.34. The van der Waals surface area contributed by atoms with Gasteiger partial charge in [-0.25, -0.2) is 0 Å². The highest BCUT2D eigenvalue weighted by atomic mass is 15.5. The number of likely N-dealkylation sites (tertiary alicyclic amines) is 1. The van der Waals surface area contributed by atoms with E-state index in [4.69, 9.17) is 0 Å². The van der Waals surface area contributed by atoms with Gasteiger partial charge in [0, 0.05) is 0 Å². The molecule has 1 N–H and O–H groups in total. The minimum absolute atomic E-state index is 0.286. The zero-order valence-corrected chi connectivity index (χ0v) is 11.7. The van der Waals surface area contributed by atoms with Crippen LogP contribution in [0.15, 0.2) is 30.3 Å². The zero-order valence-electron chi connectivity index (χ0n) is 11.7. The minimum Gasteiger partial charge on any atom is -0.293 e. The molecule has 5 heteroatoms. The summed E-state index contributed by atoms with van der Waals surface area (Å²) in [4.78, 5) is 2.51. The smallest absolute Gasteiger partial charge is 0.191 e. The van der Waals surface area contributed by atoms with E-state index in [0.717, 1.165) is 31.8 Å². The van der Waals surface area contributed by atoms with E-state index in [2.05, 4.69) is 55.9 Å². The topological polar surface area (TPSA) is 57.7 Å². The van der Waals surface area contributed by atoms with Crippen LogP contribution in [0.5, 0.6) is 0 Å². The number of hydrogen-bond donors (Lipinski definition) is 1. The van der Waals surface area contributed by atoms with Gasteiger partial charge in [0.1, 0.15) is 0 Å². The Morgan fingerprint density at radius 3 is 2.60 bits per heavy atom. The van der Waals surface area contributed by atoms with Crippen LogP contribution in [-0.4, -0.2) is 38.6 Å². The molecular formula is C15H21N5. The van der Waals surface area contributed by atoms with Crippen LogP contribution >= 0.6 is 0 Å². The summed E-state index contributed by atoms with van der Waals surface area (Å²) in [7, 11) is 0. The summed E-state index contributed by atoms with van der Waals surface area (Å²) in [6, 6.07) is 10.9. The molecule has 1 aromatic carbocycles. The highest BCUT2D eigenvalue weighted by Gasteiger charge is 2.25. The molecule has 106 valence electrons. The van der Waals surface area contributed by atoms with E-state index in [1.54, 1.807) is 0 Å². The maximum atomic E-state index is 4.22. The lowest BCUT2D eigenvalue weighted by Gasteiger charge is -2.32. The van der Waals surface area contributed by atoms with Gasteiger partial charge in [-0.15, -0.1) is 10.2 Å². The predicted molar refractivity (Wildman–Crippen MR) is 77.1 cm³/mol. The Morgan fingerprint density at radius 2 is 1.90 bits per heavy atom. The number of nitrogens with one attached hydrogen (secondary N) is 1. The van der Waals surface area contributed by atoms with Crippen molar-refractivity contribution in [3.63, 3.8) is 0 Å². The van der Waals surface area contributed by atoms with Gasteiger partial charge >= 0.3 is 0 Å². The van der Waals surface area contributed by atoms with Crippen LogP contribution in [0.25, 0.3) is 0 Å². The number of benzene rings is 1. The van der Waals surface area contributed by atoms with Crippen LogP contribution in [0.3, 0.4) is 0 Å². The lowest BCUT2D eigenvalue weighted by atomic mass is 10.0. The van der Waals surface area contributed by atoms with Crippen molar-refractivity contribution < 1.29 is 0 Å². The molecule has 2 aromatic rings. The van der Waals surface area contributed by atoms with Gasteiger partial charge in [-0.1, -0.05) is 42.0 Å². The first-order valence-corrected chi connectivity index (χ1v) is 7.45. The Morgan fingerprint density at radius 1 is 1.10 bits per heavy atom. The number of hydrogen-bond acceptors (Lipinski definition) is 4. The first kappa shape index (κ1) is 13.2. The average Bonchev–Trinajstić information content (AvgIpc) is 3.04. The lowest BCUT2D eigenvalue weighted by molar-refractivity contribution is 0.149. The number of rotatable bonds is 5. The van der Waals surface area contributed by atoms with E-state index < -0.39 is 0 Å². The van der Waals surface area contributed by atoms with Gasteiger partial charge in [0.15, 0.2) is 5.82 Å². The number of nitrogens with zero attached hydrogens (tertiary/aromatic N) is 4. The number of aryl methyl sites for hydroxylation is 1. The third kappa shape index (κ3) is 3.22. The Balaban J connectivity index is 1.69. The zero-order chi connectivity index (χ0) is 13.6. The second-order valence-electron chi connectivity index (χ2n) is 5.41. The van der Waals surface area contributed by atoms with Crippen molar-refractivity contribution in [3.05, 3.63) is 41.7 Å². The third-order valence-corrected chi connectivity index (χ3v) is 4.04. The largest absolute Gasteiger partial charge is 0.293 e. The van der Waals surface area contributed by atoms with Gasteiger partial charge in [0.2, 0.25) is 0 Å². The second-order valence-corrected chi connectivity index (χ2v) is 5.41. The van der Waals surface area contributed by atoms with Crippen molar-refractivity contribution in [2.24, 2.45) is 0 Å². The summed E-state index contributed by atoms with van der Waals surface area (Å²) in [6.07, 6.45) is 5.99. The normalized spacial score (nSPS) is 18.0. The molecule has 20 heavy (non-hydrogen) atoms. The standard InChI is InChI=1S/C15H21N5/c1-3-7-13(8-4-1)9-10-14(15-16-18-19-17-15)20-11-5-2-6-12-20/h1,3-4,7-8,14H,2,5-6,9-12H2,(H,16,17,18,19). The Bertz CT molecular complexity index is 490. The molecule has 0 aliphatic carbocycles. The van der Waals surface area contributed by atoms with Crippen LogP contribution < -0.4 is 0 Å². The van der Waals surface area contributed by atoms with Crippen molar-refractivity contribution >= 4 is 0 Å². The molecule has 1 aliphatic heterocycles. The van der Waals surface area contributed by atoms with Crippen molar-refractivity contribution in [1.29, 1.82) is 0 Å². The molecule has 1 fully saturated rings. The number of H-pyrrole nitrogens is 1. The fraction of sp³-hybridized carbons (Fsp3) is 0.533. The first-order valence-electron chi connectivity index (χ1n) is 7.45. The van der Waals surface area contributed by atoms with Gasteiger partial charge in [0.05, 0.1) is 6.04 Å². The van der Waals surface area contributed by atoms with Gasteiger partial charge in [-0.3, -0.25) is 4.90 Å². The Labute approximate surface area is 119 Å². The fourth-order valence-electron chi connectivity index (χ4n) is 2.96. The third-order valence-electron chi connectivity index (χ3n) is 4.04. The molecule has 0 saturated carbocycles. The van der Waals surface area contributed by atoms with Crippen LogP contribution in [0.1, 0.15) is 43.1 Å². The highest BCUT2D eigenvalue weighted by Crippen LogP contribution is 2.26. The molecule has 2 heterocycles. The summed E-state index contributed by atoms with van der Waals surface area (Å²) >= 11 is 0. The Kier molecular flexibility index (Phi) is 4.38. The van der Waals surface area contributed by atoms with E-state index in [1.807, 2.05) is 0 Å². The van der Waals surface area contributed by atoms with Crippen LogP contribution in [0, 0.1) is 0 Å². The van der Waals surface area contributed by atoms with E-state index in [-0.39, 0.29) is 6.04 Å². The highest BCUT2D eigenvalue weighted by molar-refractivity contribution is 5.15. The molecule has 5 nitrogen and oxygen atoms in total. The average molecular weight is 271 g/mol. The summed E-state index contributed by atoms with van der Waals surface area (Å²) in [5.41, 5.74) is 1.37. The number of aromatic amines is 1. The van der Waals surface area contributed by atoms with E-state index in [1.165, 1.54) is 24.8 Å². The summed E-state index contributed by atoms with van der Waals surface area (Å²) in [5.74, 6) is 0.836. The summed E-state index contributed by atoms with van der Waals surface area (Å²) < 4.78 is 0. The van der Waals surface area contributed by atoms with Crippen LogP contribution in [0.4, 0.5) is 0 Å². The maximum Gasteiger partial charge on any atom is 0.191 e. The quantitative estimate of drug-likeness (QED) is 0.907. The van der Waals surface area contributed by atoms with Crippen molar-refractivity contribution in [1.82, 2.24) is 25.5 Å². The first-order chi connectivity index (χ1) is 9.93. The van der Waals surface area contributed by atoms with Crippen molar-refractivity contribution in [3.8, 4) is 0 Å². The van der Waals surface area contributed by atoms with Gasteiger partial charge in [0.25, 0.3) is 0 Å². The van der Waals surface area contributed by atoms with Gasteiger partial charge in [-0.05, 0) is 44.3 Å². The van der Waals surface area contributed by atoms with Crippen LogP contribution in [0.2, 0.25) is 0 Å². The minimum atomic E-state index is 0.286. The molecule has 1 unspecified atom stereocenters. The predicted octanol–water partition coefficient (Wildman–Crippen LogP) is 2.36. The van der Waals surface area contributed by atoms with Gasteiger partial charge in [-0.2, -0.15) is 5.21 Å². The molecule has 0 amide bonds.